The smallest absolute Gasteiger partial charge is 0.408 e. The van der Waals surface area contributed by atoms with E-state index in [2.05, 4.69) is 5.32 Å². The van der Waals surface area contributed by atoms with E-state index in [1.165, 1.54) is 0 Å². The minimum atomic E-state index is -1.02. The Morgan fingerprint density at radius 1 is 1.15 bits per heavy atom. The zero-order valence-corrected chi connectivity index (χ0v) is 16.3. The number of hydrogen-bond acceptors (Lipinski definition) is 5. The van der Waals surface area contributed by atoms with Gasteiger partial charge < -0.3 is 25.6 Å². The first-order valence-corrected chi connectivity index (χ1v) is 8.51. The Labute approximate surface area is 154 Å². The van der Waals surface area contributed by atoms with Gasteiger partial charge in [-0.05, 0) is 38.3 Å². The molecule has 0 heterocycles. The molecule has 26 heavy (non-hydrogen) atoms. The van der Waals surface area contributed by atoms with Crippen LogP contribution in [0.1, 0.15) is 41.5 Å². The number of para-hydroxylation sites is 2. The highest BCUT2D eigenvalue weighted by Gasteiger charge is 2.40. The molecule has 1 aromatic carbocycles. The summed E-state index contributed by atoms with van der Waals surface area (Å²) in [5.41, 5.74) is 4.99. The number of benzene rings is 1. The third-order valence-electron chi connectivity index (χ3n) is 3.64. The molecule has 4 N–H and O–H groups in total. The molecule has 0 spiro atoms. The Bertz CT molecular complexity index is 632. The van der Waals surface area contributed by atoms with Crippen molar-refractivity contribution in [2.24, 2.45) is 11.3 Å². The second kappa shape index (κ2) is 8.29. The number of carboxylic acid groups (broad SMARTS) is 1. The first kappa shape index (κ1) is 21.6. The lowest BCUT2D eigenvalue weighted by Gasteiger charge is -2.34. The van der Waals surface area contributed by atoms with Gasteiger partial charge in [0.1, 0.15) is 18.0 Å². The summed E-state index contributed by atoms with van der Waals surface area (Å²) in [5, 5.41) is 12.3. The van der Waals surface area contributed by atoms with Crippen molar-refractivity contribution in [3.63, 3.8) is 0 Å². The SMILES string of the molecule is CC(C)(C)OC(=O)N[C@H](COc1ccccc1N)C(C(=O)O)C(C)(C)C. The molecule has 0 saturated heterocycles. The molecule has 1 aromatic rings. The normalized spacial score (nSPS) is 14.2. The van der Waals surface area contributed by atoms with Crippen LogP contribution in [-0.2, 0) is 9.53 Å². The highest BCUT2D eigenvalue weighted by atomic mass is 16.6. The number of hydrogen-bond donors (Lipinski definition) is 3. The van der Waals surface area contributed by atoms with E-state index in [1.54, 1.807) is 65.8 Å². The van der Waals surface area contributed by atoms with Crippen LogP contribution in [0.15, 0.2) is 24.3 Å². The number of nitrogens with one attached hydrogen (secondary N) is 1. The summed E-state index contributed by atoms with van der Waals surface area (Å²) in [4.78, 5) is 24.1. The van der Waals surface area contributed by atoms with Crippen molar-refractivity contribution in [2.45, 2.75) is 53.2 Å². The third kappa shape index (κ3) is 6.82. The Balaban J connectivity index is 3.02. The molecule has 0 aromatic heterocycles. The molecule has 0 radical (unpaired) electrons. The predicted octanol–water partition coefficient (Wildman–Crippen LogP) is 3.29. The minimum absolute atomic E-state index is 0.0539. The maximum atomic E-state index is 12.2. The molecule has 1 rings (SSSR count). The van der Waals surface area contributed by atoms with Crippen LogP contribution in [0.3, 0.4) is 0 Å². The molecule has 7 heteroatoms. The van der Waals surface area contributed by atoms with Gasteiger partial charge in [0.25, 0.3) is 0 Å². The highest BCUT2D eigenvalue weighted by Crippen LogP contribution is 2.30. The fourth-order valence-corrected chi connectivity index (χ4v) is 2.62. The molecule has 2 atom stereocenters. The van der Waals surface area contributed by atoms with Crippen LogP contribution in [0.4, 0.5) is 10.5 Å². The van der Waals surface area contributed by atoms with Gasteiger partial charge in [0.2, 0.25) is 0 Å². The van der Waals surface area contributed by atoms with Gasteiger partial charge in [0.05, 0.1) is 17.6 Å². The van der Waals surface area contributed by atoms with Crippen molar-refractivity contribution in [1.29, 1.82) is 0 Å². The average Bonchev–Trinajstić information content (AvgIpc) is 2.42. The van der Waals surface area contributed by atoms with Crippen LogP contribution in [0, 0.1) is 11.3 Å². The van der Waals surface area contributed by atoms with Crippen molar-refractivity contribution in [2.75, 3.05) is 12.3 Å². The molecule has 0 aliphatic rings. The van der Waals surface area contributed by atoms with E-state index in [0.29, 0.717) is 11.4 Å². The van der Waals surface area contributed by atoms with Crippen LogP contribution in [-0.4, -0.2) is 35.4 Å². The van der Waals surface area contributed by atoms with Crippen LogP contribution in [0.25, 0.3) is 0 Å². The van der Waals surface area contributed by atoms with Gasteiger partial charge in [0, 0.05) is 0 Å². The first-order chi connectivity index (χ1) is 11.8. The second-order valence-electron chi connectivity index (χ2n) is 8.28. The second-order valence-corrected chi connectivity index (χ2v) is 8.28. The number of amides is 1. The lowest BCUT2D eigenvalue weighted by Crippen LogP contribution is -2.52. The standard InChI is InChI=1S/C19H30N2O5/c1-18(2,3)15(16(22)23)13(21-17(24)26-19(4,5)6)11-25-14-10-8-7-9-12(14)20/h7-10,13,15H,11,20H2,1-6H3,(H,21,24)(H,22,23)/t13-,15?/m1/s1. The van der Waals surface area contributed by atoms with Gasteiger partial charge >= 0.3 is 12.1 Å². The number of aliphatic carboxylic acids is 1. The maximum Gasteiger partial charge on any atom is 0.408 e. The van der Waals surface area contributed by atoms with Gasteiger partial charge in [-0.2, -0.15) is 0 Å². The molecule has 0 saturated carbocycles. The number of nitrogens with two attached hydrogens (primary N) is 1. The topological polar surface area (TPSA) is 111 Å². The molecule has 0 fully saturated rings. The van der Waals surface area contributed by atoms with Crippen molar-refractivity contribution in [1.82, 2.24) is 5.32 Å². The van der Waals surface area contributed by atoms with Gasteiger partial charge in [-0.3, -0.25) is 4.79 Å². The summed E-state index contributed by atoms with van der Waals surface area (Å²) >= 11 is 0. The van der Waals surface area contributed by atoms with E-state index < -0.39 is 35.0 Å². The van der Waals surface area contributed by atoms with E-state index in [9.17, 15) is 14.7 Å². The Morgan fingerprint density at radius 3 is 2.19 bits per heavy atom. The third-order valence-corrected chi connectivity index (χ3v) is 3.64. The molecule has 7 nitrogen and oxygen atoms in total. The van der Waals surface area contributed by atoms with Crippen molar-refractivity contribution >= 4 is 17.7 Å². The van der Waals surface area contributed by atoms with Crippen LogP contribution < -0.4 is 15.8 Å². The predicted molar refractivity (Wildman–Crippen MR) is 100 cm³/mol. The zero-order valence-electron chi connectivity index (χ0n) is 16.3. The Morgan fingerprint density at radius 2 is 1.73 bits per heavy atom. The van der Waals surface area contributed by atoms with Gasteiger partial charge in [-0.15, -0.1) is 0 Å². The fraction of sp³-hybridized carbons (Fsp3) is 0.579. The van der Waals surface area contributed by atoms with Crippen molar-refractivity contribution in [3.05, 3.63) is 24.3 Å². The van der Waals surface area contributed by atoms with Crippen LogP contribution in [0.2, 0.25) is 0 Å². The number of carboxylic acids is 1. The molecule has 1 unspecified atom stereocenters. The largest absolute Gasteiger partial charge is 0.489 e. The van der Waals surface area contributed by atoms with Crippen LogP contribution in [0.5, 0.6) is 5.75 Å². The Hall–Kier alpha value is -2.44. The number of nitrogen functional groups attached to an aromatic ring is 1. The van der Waals surface area contributed by atoms with E-state index in [4.69, 9.17) is 15.2 Å². The molecule has 1 amide bonds. The Kier molecular flexibility index (Phi) is 6.89. The van der Waals surface area contributed by atoms with Crippen molar-refractivity contribution in [3.8, 4) is 5.75 Å². The number of carbonyl (C=O) groups excluding carboxylic acids is 1. The van der Waals surface area contributed by atoms with E-state index in [1.807, 2.05) is 0 Å². The van der Waals surface area contributed by atoms with E-state index in [-0.39, 0.29) is 6.61 Å². The summed E-state index contributed by atoms with van der Waals surface area (Å²) < 4.78 is 11.0. The number of anilines is 1. The van der Waals surface area contributed by atoms with Gasteiger partial charge in [0.15, 0.2) is 0 Å². The summed E-state index contributed by atoms with van der Waals surface area (Å²) in [5.74, 6) is -1.48. The summed E-state index contributed by atoms with van der Waals surface area (Å²) in [6.45, 7) is 10.6. The monoisotopic (exact) mass is 366 g/mol. The maximum absolute atomic E-state index is 12.2. The fourth-order valence-electron chi connectivity index (χ4n) is 2.62. The van der Waals surface area contributed by atoms with Gasteiger partial charge in [-0.1, -0.05) is 32.9 Å². The highest BCUT2D eigenvalue weighted by molar-refractivity contribution is 5.74. The number of alkyl carbamates (subject to hydrolysis) is 1. The molecule has 0 aliphatic heterocycles. The molecular formula is C19H30N2O5. The minimum Gasteiger partial charge on any atom is -0.489 e. The van der Waals surface area contributed by atoms with E-state index in [0.717, 1.165) is 0 Å². The number of ether oxygens (including phenoxy) is 2. The van der Waals surface area contributed by atoms with Crippen LogP contribution >= 0.6 is 0 Å². The number of rotatable bonds is 6. The quantitative estimate of drug-likeness (QED) is 0.666. The summed E-state index contributed by atoms with van der Waals surface area (Å²) in [6.07, 6.45) is -0.692. The molecule has 0 aliphatic carbocycles. The van der Waals surface area contributed by atoms with Crippen molar-refractivity contribution < 1.29 is 24.2 Å². The molecular weight excluding hydrogens is 336 g/mol. The van der Waals surface area contributed by atoms with E-state index >= 15 is 0 Å². The zero-order chi connectivity index (χ0) is 20.1. The number of carbonyl (C=O) groups is 2. The summed E-state index contributed by atoms with van der Waals surface area (Å²) in [6, 6.07) is 6.10. The molecule has 0 bridgehead atoms. The lowest BCUT2D eigenvalue weighted by atomic mass is 9.76. The average molecular weight is 366 g/mol. The summed E-state index contributed by atoms with van der Waals surface area (Å²) in [7, 11) is 0. The van der Waals surface area contributed by atoms with Gasteiger partial charge in [-0.25, -0.2) is 4.79 Å². The molecule has 146 valence electrons. The lowest BCUT2D eigenvalue weighted by molar-refractivity contribution is -0.147. The first-order valence-electron chi connectivity index (χ1n) is 8.51.